The molecule has 176 valence electrons. The number of aliphatic hydroxyl groups is 1. The van der Waals surface area contributed by atoms with Crippen LogP contribution in [0.25, 0.3) is 0 Å². The molecule has 10 heteroatoms. The average molecular weight is 502 g/mol. The molecule has 0 fully saturated rings. The van der Waals surface area contributed by atoms with E-state index in [-0.39, 0.29) is 44.7 Å². The number of halogens is 1. The summed E-state index contributed by atoms with van der Waals surface area (Å²) in [5, 5.41) is 12.9. The molecule has 2 N–H and O–H groups in total. The van der Waals surface area contributed by atoms with E-state index in [0.29, 0.717) is 11.5 Å². The fraction of sp³-hybridized carbons (Fsp3) is 0.167. The molecule has 0 radical (unpaired) electrons. The van der Waals surface area contributed by atoms with Gasteiger partial charge in [0.25, 0.3) is 5.91 Å². The van der Waals surface area contributed by atoms with E-state index < -0.39 is 27.6 Å². The molecule has 4 rings (SSSR count). The Morgan fingerprint density at radius 2 is 1.76 bits per heavy atom. The van der Waals surface area contributed by atoms with Gasteiger partial charge < -0.3 is 19.9 Å². The fourth-order valence-corrected chi connectivity index (χ4v) is 5.50. The molecule has 0 spiro atoms. The number of ether oxygens (including phenoxy) is 2. The summed E-state index contributed by atoms with van der Waals surface area (Å²) in [6.07, 6.45) is -1.05. The van der Waals surface area contributed by atoms with Gasteiger partial charge in [0, 0.05) is 17.1 Å². The number of benzene rings is 3. The summed E-state index contributed by atoms with van der Waals surface area (Å²) in [6.45, 7) is -0.271. The van der Waals surface area contributed by atoms with Gasteiger partial charge in [0.2, 0.25) is 9.84 Å². The molecular weight excluding hydrogens is 482 g/mol. The highest BCUT2D eigenvalue weighted by Crippen LogP contribution is 2.37. The molecule has 3 aromatic carbocycles. The summed E-state index contributed by atoms with van der Waals surface area (Å²) in [7, 11) is -2.51. The second kappa shape index (κ2) is 9.46. The second-order valence-electron chi connectivity index (χ2n) is 7.50. The van der Waals surface area contributed by atoms with Crippen molar-refractivity contribution in [3.63, 3.8) is 0 Å². The van der Waals surface area contributed by atoms with Crippen molar-refractivity contribution in [2.45, 2.75) is 15.9 Å². The maximum absolute atomic E-state index is 13.1. The molecule has 0 bridgehead atoms. The Morgan fingerprint density at radius 3 is 2.47 bits per heavy atom. The number of rotatable bonds is 7. The molecule has 0 saturated carbocycles. The summed E-state index contributed by atoms with van der Waals surface area (Å²) in [4.78, 5) is 25.5. The first-order chi connectivity index (χ1) is 16.2. The Morgan fingerprint density at radius 1 is 1.06 bits per heavy atom. The van der Waals surface area contributed by atoms with Gasteiger partial charge in [-0.1, -0.05) is 17.7 Å². The van der Waals surface area contributed by atoms with Gasteiger partial charge >= 0.3 is 0 Å². The molecule has 1 atom stereocenters. The number of carbonyl (C=O) groups excluding carboxylic acids is 2. The minimum absolute atomic E-state index is 0.0509. The van der Waals surface area contributed by atoms with Gasteiger partial charge in [0.1, 0.15) is 24.2 Å². The number of methoxy groups -OCH3 is 1. The first kappa shape index (κ1) is 23.7. The quantitative estimate of drug-likeness (QED) is 0.399. The Bertz CT molecular complexity index is 1370. The van der Waals surface area contributed by atoms with Gasteiger partial charge in [-0.2, -0.15) is 0 Å². The number of aliphatic hydroxyl groups excluding tert-OH is 1. The molecule has 3 aromatic rings. The van der Waals surface area contributed by atoms with E-state index in [0.717, 1.165) is 0 Å². The van der Waals surface area contributed by atoms with E-state index in [9.17, 15) is 23.1 Å². The number of amides is 1. The lowest BCUT2D eigenvalue weighted by atomic mass is 9.97. The zero-order valence-corrected chi connectivity index (χ0v) is 19.5. The average Bonchev–Trinajstić information content (AvgIpc) is 2.84. The van der Waals surface area contributed by atoms with Crippen LogP contribution in [-0.4, -0.2) is 51.6 Å². The van der Waals surface area contributed by atoms with Gasteiger partial charge in [0.05, 0.1) is 28.0 Å². The Balaban J connectivity index is 1.49. The van der Waals surface area contributed by atoms with Gasteiger partial charge in [-0.05, 0) is 54.6 Å². The van der Waals surface area contributed by atoms with Crippen molar-refractivity contribution in [3.05, 3.63) is 82.4 Å². The zero-order chi connectivity index (χ0) is 24.5. The maximum Gasteiger partial charge on any atom is 0.252 e. The van der Waals surface area contributed by atoms with Crippen molar-refractivity contribution in [1.29, 1.82) is 0 Å². The standard InChI is InChI=1S/C24H20ClNO7S/c1-32-16-6-8-17(9-7-16)33-13-15(27)12-26-24(29)19-3-2-4-20-22(19)23(28)18-10-5-14(25)11-21(18)34(20,30)31/h2-11,15,27H,12-13H2,1H3,(H,26,29)/t15-/m0/s1. The van der Waals surface area contributed by atoms with Crippen LogP contribution in [0, 0.1) is 0 Å². The molecule has 1 heterocycles. The molecule has 1 aliphatic heterocycles. The predicted molar refractivity (Wildman–Crippen MR) is 124 cm³/mol. The Kier molecular flexibility index (Phi) is 6.60. The maximum atomic E-state index is 13.1. The predicted octanol–water partition coefficient (Wildman–Crippen LogP) is 2.90. The van der Waals surface area contributed by atoms with E-state index in [2.05, 4.69) is 5.32 Å². The largest absolute Gasteiger partial charge is 0.497 e. The van der Waals surface area contributed by atoms with Crippen LogP contribution in [0.5, 0.6) is 11.5 Å². The van der Waals surface area contributed by atoms with E-state index in [1.165, 1.54) is 36.4 Å². The molecule has 0 aliphatic carbocycles. The Labute approximate surface area is 201 Å². The molecule has 34 heavy (non-hydrogen) atoms. The lowest BCUT2D eigenvalue weighted by Gasteiger charge is -2.21. The van der Waals surface area contributed by atoms with Crippen molar-refractivity contribution in [2.75, 3.05) is 20.3 Å². The highest BCUT2D eigenvalue weighted by molar-refractivity contribution is 7.91. The second-order valence-corrected chi connectivity index (χ2v) is 9.83. The highest BCUT2D eigenvalue weighted by Gasteiger charge is 2.37. The number of carbonyl (C=O) groups is 2. The van der Waals surface area contributed by atoms with Crippen molar-refractivity contribution in [1.82, 2.24) is 5.32 Å². The monoisotopic (exact) mass is 501 g/mol. The Hall–Kier alpha value is -3.40. The van der Waals surface area contributed by atoms with Gasteiger partial charge in [-0.25, -0.2) is 8.42 Å². The first-order valence-electron chi connectivity index (χ1n) is 10.2. The van der Waals surface area contributed by atoms with Crippen molar-refractivity contribution >= 4 is 33.1 Å². The number of sulfone groups is 1. The van der Waals surface area contributed by atoms with Crippen molar-refractivity contribution < 1.29 is 32.6 Å². The molecule has 0 unspecified atom stereocenters. The smallest absolute Gasteiger partial charge is 0.252 e. The van der Waals surface area contributed by atoms with Crippen LogP contribution < -0.4 is 14.8 Å². The summed E-state index contributed by atoms with van der Waals surface area (Å²) in [6, 6.07) is 14.8. The molecule has 1 aliphatic rings. The molecule has 8 nitrogen and oxygen atoms in total. The highest BCUT2D eigenvalue weighted by atomic mass is 35.5. The van der Waals surface area contributed by atoms with Crippen LogP contribution in [0.1, 0.15) is 26.3 Å². The fourth-order valence-electron chi connectivity index (χ4n) is 3.57. The molecule has 0 aromatic heterocycles. The van der Waals surface area contributed by atoms with Crippen LogP contribution in [0.15, 0.2) is 70.5 Å². The minimum atomic E-state index is -4.05. The molecule has 0 saturated heterocycles. The van der Waals surface area contributed by atoms with Crippen LogP contribution in [-0.2, 0) is 9.84 Å². The number of ketones is 1. The molecular formula is C24H20ClNO7S. The number of nitrogens with one attached hydrogen (secondary N) is 1. The molecule has 1 amide bonds. The number of fused-ring (bicyclic) bond motifs is 2. The van der Waals surface area contributed by atoms with E-state index >= 15 is 0 Å². The topological polar surface area (TPSA) is 119 Å². The van der Waals surface area contributed by atoms with Gasteiger partial charge in [-0.3, -0.25) is 9.59 Å². The number of hydrogen-bond acceptors (Lipinski definition) is 7. The van der Waals surface area contributed by atoms with Gasteiger partial charge in [-0.15, -0.1) is 0 Å². The summed E-state index contributed by atoms with van der Waals surface area (Å²) >= 11 is 5.93. The summed E-state index contributed by atoms with van der Waals surface area (Å²) in [5.74, 6) is -0.113. The number of hydrogen-bond donors (Lipinski definition) is 2. The summed E-state index contributed by atoms with van der Waals surface area (Å²) < 4.78 is 36.7. The lowest BCUT2D eigenvalue weighted by Crippen LogP contribution is -2.36. The summed E-state index contributed by atoms with van der Waals surface area (Å²) in [5.41, 5.74) is -0.362. The van der Waals surface area contributed by atoms with Crippen LogP contribution in [0.4, 0.5) is 0 Å². The van der Waals surface area contributed by atoms with Crippen molar-refractivity contribution in [2.24, 2.45) is 0 Å². The van der Waals surface area contributed by atoms with Gasteiger partial charge in [0.15, 0.2) is 5.78 Å². The third kappa shape index (κ3) is 4.50. The van der Waals surface area contributed by atoms with E-state index in [1.807, 2.05) is 0 Å². The van der Waals surface area contributed by atoms with Crippen LogP contribution >= 0.6 is 11.6 Å². The van der Waals surface area contributed by atoms with Crippen molar-refractivity contribution in [3.8, 4) is 11.5 Å². The normalized spacial score (nSPS) is 14.5. The SMILES string of the molecule is COc1ccc(OC[C@@H](O)CNC(=O)c2cccc3c2C(=O)c2ccc(Cl)cc2S3(=O)=O)cc1. The third-order valence-electron chi connectivity index (χ3n) is 5.27. The third-order valence-corrected chi connectivity index (χ3v) is 7.34. The minimum Gasteiger partial charge on any atom is -0.497 e. The lowest BCUT2D eigenvalue weighted by molar-refractivity contribution is 0.0839. The van der Waals surface area contributed by atoms with Crippen LogP contribution in [0.3, 0.4) is 0 Å². The van der Waals surface area contributed by atoms with E-state index in [4.69, 9.17) is 21.1 Å². The van der Waals surface area contributed by atoms with Crippen LogP contribution in [0.2, 0.25) is 5.02 Å². The first-order valence-corrected chi connectivity index (χ1v) is 12.0. The van der Waals surface area contributed by atoms with E-state index in [1.54, 1.807) is 31.4 Å². The zero-order valence-electron chi connectivity index (χ0n) is 17.9.